The number of amides is 2. The maximum absolute atomic E-state index is 12.8. The molecule has 6 heteroatoms. The lowest BCUT2D eigenvalue weighted by Gasteiger charge is -2.19. The topological polar surface area (TPSA) is 61.9 Å². The van der Waals surface area contributed by atoms with Gasteiger partial charge in [0.05, 0.1) is 11.8 Å². The molecule has 2 aromatic rings. The Morgan fingerprint density at radius 3 is 2.50 bits per heavy atom. The van der Waals surface area contributed by atoms with Crippen LogP contribution in [0.15, 0.2) is 54.1 Å². The zero-order valence-corrected chi connectivity index (χ0v) is 16.6. The monoisotopic (exact) mass is 379 g/mol. The summed E-state index contributed by atoms with van der Waals surface area (Å²) in [5.74, 6) is -0.172. The molecule has 1 aliphatic rings. The molecule has 0 aromatic heterocycles. The third-order valence-corrected chi connectivity index (χ3v) is 4.62. The summed E-state index contributed by atoms with van der Waals surface area (Å²) >= 11 is 0. The number of benzene rings is 2. The smallest absolute Gasteiger partial charge is 0.282 e. The van der Waals surface area contributed by atoms with Crippen LogP contribution in [-0.4, -0.2) is 32.0 Å². The van der Waals surface area contributed by atoms with Gasteiger partial charge in [-0.25, -0.2) is 5.01 Å². The van der Waals surface area contributed by atoms with E-state index in [1.165, 1.54) is 5.01 Å². The molecule has 1 aliphatic heterocycles. The first-order valence-corrected chi connectivity index (χ1v) is 9.31. The number of rotatable bonds is 6. The quantitative estimate of drug-likeness (QED) is 0.617. The van der Waals surface area contributed by atoms with Gasteiger partial charge in [0.15, 0.2) is 0 Å². The largest absolute Gasteiger partial charge is 0.490 e. The molecule has 3 rings (SSSR count). The van der Waals surface area contributed by atoms with Crippen LogP contribution >= 0.6 is 0 Å². The molecule has 146 valence electrons. The van der Waals surface area contributed by atoms with Crippen LogP contribution < -0.4 is 20.1 Å². The number of carbonyl (C=O) groups excluding carboxylic acids is 2. The normalized spacial score (nSPS) is 16.3. The maximum atomic E-state index is 12.8. The zero-order chi connectivity index (χ0) is 20.3. The Morgan fingerprint density at radius 2 is 1.86 bits per heavy atom. The number of hydrazine groups is 1. The van der Waals surface area contributed by atoms with Gasteiger partial charge >= 0.3 is 0 Å². The van der Waals surface area contributed by atoms with E-state index in [0.717, 1.165) is 12.1 Å². The van der Waals surface area contributed by atoms with Crippen LogP contribution in [0.25, 0.3) is 6.08 Å². The minimum atomic E-state index is -0.431. The molecule has 6 nitrogen and oxygen atoms in total. The summed E-state index contributed by atoms with van der Waals surface area (Å²) in [6.45, 7) is 4.04. The summed E-state index contributed by atoms with van der Waals surface area (Å²) in [5.41, 5.74) is 4.99. The minimum absolute atomic E-state index is 0.0171. The van der Waals surface area contributed by atoms with Gasteiger partial charge in [0, 0.05) is 31.4 Å². The number of ether oxygens (including phenoxy) is 1. The minimum Gasteiger partial charge on any atom is -0.490 e. The first kappa shape index (κ1) is 19.5. The van der Waals surface area contributed by atoms with Crippen LogP contribution in [0.3, 0.4) is 0 Å². The summed E-state index contributed by atoms with van der Waals surface area (Å²) < 4.78 is 6.05. The van der Waals surface area contributed by atoms with Crippen LogP contribution in [0.1, 0.15) is 25.8 Å². The van der Waals surface area contributed by atoms with Crippen LogP contribution in [0, 0.1) is 0 Å². The van der Waals surface area contributed by atoms with Gasteiger partial charge in [-0.2, -0.15) is 0 Å². The highest BCUT2D eigenvalue weighted by Crippen LogP contribution is 2.30. The average molecular weight is 379 g/mol. The number of anilines is 2. The number of para-hydroxylation sites is 1. The SMILES string of the molecule is CC[C@@H](C)Oc1cc(N(C)C)ccc1/C=C1/C(=O)NN(c2ccccc2)C1=O. The lowest BCUT2D eigenvalue weighted by molar-refractivity contribution is -0.117. The third-order valence-electron chi connectivity index (χ3n) is 4.62. The number of hydrogen-bond donors (Lipinski definition) is 1. The second kappa shape index (κ2) is 8.17. The van der Waals surface area contributed by atoms with Crippen LogP contribution in [-0.2, 0) is 9.59 Å². The van der Waals surface area contributed by atoms with Gasteiger partial charge in [-0.05, 0) is 43.7 Å². The van der Waals surface area contributed by atoms with E-state index in [-0.39, 0.29) is 17.6 Å². The maximum Gasteiger partial charge on any atom is 0.282 e. The molecule has 0 aliphatic carbocycles. The van der Waals surface area contributed by atoms with Crippen LogP contribution in [0.5, 0.6) is 5.75 Å². The molecule has 0 radical (unpaired) electrons. The molecule has 2 aromatic carbocycles. The van der Waals surface area contributed by atoms with Gasteiger partial charge in [0.1, 0.15) is 11.3 Å². The molecular formula is C22H25N3O3. The second-order valence-electron chi connectivity index (χ2n) is 6.93. The molecular weight excluding hydrogens is 354 g/mol. The molecule has 1 atom stereocenters. The van der Waals surface area contributed by atoms with Crippen LogP contribution in [0.2, 0.25) is 0 Å². The summed E-state index contributed by atoms with van der Waals surface area (Å²) in [6, 6.07) is 14.7. The molecule has 1 saturated heterocycles. The Balaban J connectivity index is 1.97. The first-order chi connectivity index (χ1) is 13.4. The molecule has 28 heavy (non-hydrogen) atoms. The molecule has 0 spiro atoms. The lowest BCUT2D eigenvalue weighted by atomic mass is 10.1. The van der Waals surface area contributed by atoms with Crippen molar-refractivity contribution >= 4 is 29.3 Å². The molecule has 1 fully saturated rings. The van der Waals surface area contributed by atoms with E-state index in [0.29, 0.717) is 17.0 Å². The average Bonchev–Trinajstić information content (AvgIpc) is 2.97. The Labute approximate surface area is 165 Å². The number of carbonyl (C=O) groups is 2. The number of hydrogen-bond acceptors (Lipinski definition) is 4. The summed E-state index contributed by atoms with van der Waals surface area (Å²) in [7, 11) is 3.90. The molecule has 0 bridgehead atoms. The Morgan fingerprint density at radius 1 is 1.14 bits per heavy atom. The number of nitrogens with one attached hydrogen (secondary N) is 1. The van der Waals surface area contributed by atoms with Crippen molar-refractivity contribution in [1.29, 1.82) is 0 Å². The van der Waals surface area contributed by atoms with Gasteiger partial charge < -0.3 is 9.64 Å². The highest BCUT2D eigenvalue weighted by Gasteiger charge is 2.34. The molecule has 0 saturated carbocycles. The first-order valence-electron chi connectivity index (χ1n) is 9.31. The molecule has 1 N–H and O–H groups in total. The molecule has 0 unspecified atom stereocenters. The van der Waals surface area contributed by atoms with Crippen molar-refractivity contribution in [1.82, 2.24) is 5.43 Å². The Kier molecular flexibility index (Phi) is 5.68. The summed E-state index contributed by atoms with van der Waals surface area (Å²) in [6.07, 6.45) is 2.46. The van der Waals surface area contributed by atoms with E-state index in [4.69, 9.17) is 4.74 Å². The second-order valence-corrected chi connectivity index (χ2v) is 6.93. The Bertz CT molecular complexity index is 906. The fraction of sp³-hybridized carbons (Fsp3) is 0.273. The standard InChI is InChI=1S/C22H25N3O3/c1-5-15(2)28-20-14-18(24(3)4)12-11-16(20)13-19-21(26)23-25(22(19)27)17-9-7-6-8-10-17/h6-15H,5H2,1-4H3,(H,23,26)/b19-13-/t15-/m1/s1. The van der Waals surface area contributed by atoms with Crippen molar-refractivity contribution in [2.24, 2.45) is 0 Å². The summed E-state index contributed by atoms with van der Waals surface area (Å²) in [5, 5.41) is 1.26. The van der Waals surface area contributed by atoms with E-state index in [1.54, 1.807) is 18.2 Å². The lowest BCUT2D eigenvalue weighted by Crippen LogP contribution is -2.35. The van der Waals surface area contributed by atoms with Gasteiger partial charge in [-0.3, -0.25) is 15.0 Å². The molecule has 1 heterocycles. The van der Waals surface area contributed by atoms with E-state index < -0.39 is 5.91 Å². The van der Waals surface area contributed by atoms with Crippen LogP contribution in [0.4, 0.5) is 11.4 Å². The fourth-order valence-corrected chi connectivity index (χ4v) is 2.79. The highest BCUT2D eigenvalue weighted by molar-refractivity contribution is 6.31. The molecule has 2 amide bonds. The van der Waals surface area contributed by atoms with Crippen molar-refractivity contribution in [3.8, 4) is 5.75 Å². The Hall–Kier alpha value is -3.28. The van der Waals surface area contributed by atoms with E-state index >= 15 is 0 Å². The fourth-order valence-electron chi connectivity index (χ4n) is 2.79. The summed E-state index contributed by atoms with van der Waals surface area (Å²) in [4.78, 5) is 27.2. The van der Waals surface area contributed by atoms with Gasteiger partial charge in [0.25, 0.3) is 11.8 Å². The van der Waals surface area contributed by atoms with Crippen molar-refractivity contribution in [2.75, 3.05) is 24.0 Å². The van der Waals surface area contributed by atoms with E-state index in [9.17, 15) is 9.59 Å². The number of nitrogens with zero attached hydrogens (tertiary/aromatic N) is 2. The van der Waals surface area contributed by atoms with E-state index in [2.05, 4.69) is 5.43 Å². The van der Waals surface area contributed by atoms with Crippen molar-refractivity contribution in [2.45, 2.75) is 26.4 Å². The predicted octanol–water partition coefficient (Wildman–Crippen LogP) is 3.39. The van der Waals surface area contributed by atoms with Crippen molar-refractivity contribution in [3.63, 3.8) is 0 Å². The predicted molar refractivity (Wildman–Crippen MR) is 111 cm³/mol. The van der Waals surface area contributed by atoms with E-state index in [1.807, 2.05) is 69.2 Å². The highest BCUT2D eigenvalue weighted by atomic mass is 16.5. The van der Waals surface area contributed by atoms with Crippen molar-refractivity contribution in [3.05, 3.63) is 59.7 Å². The van der Waals surface area contributed by atoms with Crippen molar-refractivity contribution < 1.29 is 14.3 Å². The zero-order valence-electron chi connectivity index (χ0n) is 16.6. The van der Waals surface area contributed by atoms with Gasteiger partial charge in [-0.1, -0.05) is 25.1 Å². The van der Waals surface area contributed by atoms with Gasteiger partial charge in [0.2, 0.25) is 0 Å². The van der Waals surface area contributed by atoms with Gasteiger partial charge in [-0.15, -0.1) is 0 Å². The third kappa shape index (κ3) is 4.01.